The van der Waals surface area contributed by atoms with Gasteiger partial charge in [0.2, 0.25) is 17.4 Å². The molecule has 6 aliphatic rings. The van der Waals surface area contributed by atoms with Crippen molar-refractivity contribution in [2.75, 3.05) is 0 Å². The molecule has 45 heavy (non-hydrogen) atoms. The summed E-state index contributed by atoms with van der Waals surface area (Å²) >= 11 is 0. The molecule has 15 heteroatoms. The zero-order valence-corrected chi connectivity index (χ0v) is 25.4. The van der Waals surface area contributed by atoms with Crippen LogP contribution >= 0.6 is 0 Å². The maximum absolute atomic E-state index is 15.1. The number of hydrogen-bond acceptors (Lipinski definition) is 8. The van der Waals surface area contributed by atoms with Crippen LogP contribution in [0.3, 0.4) is 0 Å². The van der Waals surface area contributed by atoms with Crippen LogP contribution in [-0.2, 0) is 34.4 Å². The van der Waals surface area contributed by atoms with Gasteiger partial charge in [-0.25, -0.2) is 8.78 Å². The summed E-state index contributed by atoms with van der Waals surface area (Å²) in [5, 5.41) is 0. The van der Waals surface area contributed by atoms with Crippen LogP contribution in [0.2, 0.25) is 0 Å². The minimum atomic E-state index is -5.76. The van der Waals surface area contributed by atoms with Gasteiger partial charge in [0.15, 0.2) is 16.5 Å². The van der Waals surface area contributed by atoms with E-state index in [1.54, 1.807) is 12.1 Å². The maximum Gasteiger partial charge on any atom is 0.339 e. The Bertz CT molecular complexity index is 1740. The van der Waals surface area contributed by atoms with Gasteiger partial charge in [0.05, 0.1) is 36.6 Å². The normalized spacial score (nSPS) is 35.2. The molecule has 8 rings (SSSR count). The van der Waals surface area contributed by atoms with E-state index in [0.717, 1.165) is 37.7 Å². The molecule has 6 heterocycles. The minimum absolute atomic E-state index is 0.00370. The Morgan fingerprint density at radius 1 is 0.622 bits per heavy atom. The van der Waals surface area contributed by atoms with Gasteiger partial charge in [-0.1, -0.05) is 12.1 Å². The number of fused-ring (bicyclic) bond motifs is 6. The zero-order valence-electron chi connectivity index (χ0n) is 23.8. The molecular weight excluding hydrogens is 644 g/mol. The molecule has 2 aromatic carbocycles. The predicted molar refractivity (Wildman–Crippen MR) is 146 cm³/mol. The van der Waals surface area contributed by atoms with Crippen LogP contribution in [0, 0.1) is 23.3 Å². The quantitative estimate of drug-likeness (QED) is 0.179. The van der Waals surface area contributed by atoms with E-state index in [0.29, 0.717) is 36.8 Å². The first-order chi connectivity index (χ1) is 21.3. The van der Waals surface area contributed by atoms with E-state index in [1.807, 2.05) is 0 Å². The molecule has 6 bridgehead atoms. The van der Waals surface area contributed by atoms with Crippen molar-refractivity contribution < 1.29 is 57.3 Å². The number of rotatable bonds is 7. The summed E-state index contributed by atoms with van der Waals surface area (Å²) in [6.07, 6.45) is 5.85. The Morgan fingerprint density at radius 3 is 1.40 bits per heavy atom. The number of hydrogen-bond donors (Lipinski definition) is 1. The van der Waals surface area contributed by atoms with E-state index in [1.165, 1.54) is 0 Å². The van der Waals surface area contributed by atoms with Crippen LogP contribution in [0.15, 0.2) is 21.9 Å². The highest BCUT2D eigenvalue weighted by Gasteiger charge is 2.50. The maximum atomic E-state index is 15.1. The summed E-state index contributed by atoms with van der Waals surface area (Å²) in [4.78, 5) is -2.64. The van der Waals surface area contributed by atoms with Crippen LogP contribution in [0.25, 0.3) is 0 Å². The largest absolute Gasteiger partial charge is 0.374 e. The molecule has 1 N–H and O–H groups in total. The van der Waals surface area contributed by atoms with Crippen LogP contribution in [-0.4, -0.2) is 58.0 Å². The summed E-state index contributed by atoms with van der Waals surface area (Å²) < 4.78 is 143. The summed E-state index contributed by atoms with van der Waals surface area (Å²) in [6.45, 7) is 0. The highest BCUT2D eigenvalue weighted by atomic mass is 32.2. The van der Waals surface area contributed by atoms with Crippen LogP contribution < -0.4 is 4.18 Å². The first-order valence-corrected chi connectivity index (χ1v) is 18.1. The average Bonchev–Trinajstić information content (AvgIpc) is 3.85. The Labute approximate surface area is 257 Å². The molecule has 0 aromatic heterocycles. The summed E-state index contributed by atoms with van der Waals surface area (Å²) in [7, 11) is -11.0. The first-order valence-electron chi connectivity index (χ1n) is 15.2. The molecule has 6 aliphatic heterocycles. The van der Waals surface area contributed by atoms with Gasteiger partial charge in [0.1, 0.15) is 4.90 Å². The molecule has 6 saturated heterocycles. The van der Waals surface area contributed by atoms with Gasteiger partial charge < -0.3 is 18.4 Å². The van der Waals surface area contributed by atoms with Gasteiger partial charge in [-0.05, 0) is 74.5 Å². The fraction of sp³-hybridized carbons (Fsp3) is 0.600. The van der Waals surface area contributed by atoms with E-state index in [2.05, 4.69) is 0 Å². The number of ether oxygens (including phenoxy) is 3. The first kappa shape index (κ1) is 30.1. The number of halogens is 4. The molecule has 9 unspecified atom stereocenters. The minimum Gasteiger partial charge on any atom is -0.374 e. The van der Waals surface area contributed by atoms with Gasteiger partial charge in [-0.3, -0.25) is 4.55 Å². The van der Waals surface area contributed by atoms with Crippen molar-refractivity contribution in [2.45, 2.75) is 122 Å². The van der Waals surface area contributed by atoms with Crippen LogP contribution in [0.4, 0.5) is 17.6 Å². The van der Waals surface area contributed by atoms with Gasteiger partial charge in [0.25, 0.3) is 0 Å². The molecule has 9 atom stereocenters. The van der Waals surface area contributed by atoms with Crippen molar-refractivity contribution in [3.8, 4) is 5.75 Å². The Kier molecular flexibility index (Phi) is 6.91. The summed E-state index contributed by atoms with van der Waals surface area (Å²) in [5.41, 5.74) is 1.57. The lowest BCUT2D eigenvalue weighted by atomic mass is 9.76. The van der Waals surface area contributed by atoms with Crippen molar-refractivity contribution >= 4 is 20.2 Å². The molecule has 0 spiro atoms. The highest BCUT2D eigenvalue weighted by Crippen LogP contribution is 2.53. The zero-order chi connectivity index (χ0) is 31.6. The van der Waals surface area contributed by atoms with Gasteiger partial charge >= 0.3 is 20.2 Å². The van der Waals surface area contributed by atoms with Crippen molar-refractivity contribution in [2.24, 2.45) is 0 Å². The van der Waals surface area contributed by atoms with Crippen LogP contribution in [0.5, 0.6) is 5.75 Å². The van der Waals surface area contributed by atoms with Gasteiger partial charge in [-0.2, -0.15) is 25.6 Å². The third-order valence-corrected chi connectivity index (χ3v) is 12.8. The lowest BCUT2D eigenvalue weighted by Crippen LogP contribution is -2.26. The SMILES string of the molecule is O=S(=O)(O)c1c(F)c(F)c(OS(=O)(=O)c2c(C3CC4CCC3O4)cc(C3CC4CCC3O4)cc2C2CC3CCC2O3)c(F)c1F. The fourth-order valence-corrected chi connectivity index (χ4v) is 10.8. The molecular formula is C30H30F4O9S2. The van der Waals surface area contributed by atoms with Crippen molar-refractivity contribution in [1.82, 2.24) is 0 Å². The Balaban J connectivity index is 1.31. The van der Waals surface area contributed by atoms with Gasteiger partial charge in [0, 0.05) is 17.8 Å². The molecule has 0 amide bonds. The second-order valence-corrected chi connectivity index (χ2v) is 15.9. The molecule has 0 radical (unpaired) electrons. The van der Waals surface area contributed by atoms with Gasteiger partial charge in [-0.15, -0.1) is 0 Å². The topological polar surface area (TPSA) is 125 Å². The molecule has 2 aromatic rings. The fourth-order valence-electron chi connectivity index (χ4n) is 8.71. The average molecular weight is 675 g/mol. The lowest BCUT2D eigenvalue weighted by molar-refractivity contribution is 0.0995. The highest BCUT2D eigenvalue weighted by molar-refractivity contribution is 7.87. The standard InChI is InChI=1S/C30H30F4O9S2/c31-24-26(33)30(44(35,36)37)27(34)25(32)28(24)43-45(38,39)29-19(17-10-14-2-5-22(17)41-14)7-12(16-9-13-1-4-21(16)40-13)8-20(29)18-11-15-3-6-23(18)42-15/h7-8,13-18,21-23H,1-6,9-11H2,(H,35,36,37). The number of benzene rings is 2. The smallest absolute Gasteiger partial charge is 0.339 e. The molecule has 0 aliphatic carbocycles. The summed E-state index contributed by atoms with van der Waals surface area (Å²) in [5.74, 6) is -12.7. The van der Waals surface area contributed by atoms with E-state index < -0.39 is 66.0 Å². The van der Waals surface area contributed by atoms with Crippen LogP contribution in [0.1, 0.15) is 92.2 Å². The Morgan fingerprint density at radius 2 is 1.04 bits per heavy atom. The molecule has 0 saturated carbocycles. The second-order valence-electron chi connectivity index (χ2n) is 13.1. The second kappa shape index (κ2) is 10.3. The molecule has 6 fully saturated rings. The monoisotopic (exact) mass is 674 g/mol. The van der Waals surface area contributed by atoms with E-state index in [9.17, 15) is 25.6 Å². The van der Waals surface area contributed by atoms with E-state index in [4.69, 9.17) is 22.9 Å². The molecule has 244 valence electrons. The van der Waals surface area contributed by atoms with Crippen molar-refractivity contribution in [1.29, 1.82) is 0 Å². The summed E-state index contributed by atoms with van der Waals surface area (Å²) in [6, 6.07) is 3.57. The third-order valence-electron chi connectivity index (χ3n) is 10.6. The Hall–Kier alpha value is -2.30. The van der Waals surface area contributed by atoms with Crippen molar-refractivity contribution in [3.63, 3.8) is 0 Å². The molecule has 9 nitrogen and oxygen atoms in total. The van der Waals surface area contributed by atoms with E-state index in [-0.39, 0.29) is 47.4 Å². The van der Waals surface area contributed by atoms with Crippen molar-refractivity contribution in [3.05, 3.63) is 52.1 Å². The predicted octanol–water partition coefficient (Wildman–Crippen LogP) is 5.36. The third kappa shape index (κ3) is 4.74. The van der Waals surface area contributed by atoms with E-state index >= 15 is 8.78 Å². The lowest BCUT2D eigenvalue weighted by Gasteiger charge is -2.30.